The fourth-order valence-corrected chi connectivity index (χ4v) is 4.44. The first-order valence-electron chi connectivity index (χ1n) is 9.30. The average Bonchev–Trinajstić information content (AvgIpc) is 3.05. The number of urea groups is 1. The second-order valence-electron chi connectivity index (χ2n) is 7.41. The highest BCUT2D eigenvalue weighted by atomic mass is 16.5. The smallest absolute Gasteiger partial charge is 0.322 e. The Morgan fingerprint density at radius 1 is 1.19 bits per heavy atom. The number of nitrogens with one attached hydrogen (secondary N) is 2. The van der Waals surface area contributed by atoms with Gasteiger partial charge < -0.3 is 15.4 Å². The molecule has 7 nitrogen and oxygen atoms in total. The molecular formula is C20H25N5O2. The number of amides is 2. The molecule has 1 aromatic carbocycles. The van der Waals surface area contributed by atoms with Gasteiger partial charge in [-0.15, -0.1) is 0 Å². The minimum Gasteiger partial charge on any atom is -0.479 e. The van der Waals surface area contributed by atoms with Crippen molar-refractivity contribution in [2.45, 2.75) is 36.8 Å². The lowest BCUT2D eigenvalue weighted by atomic mass is 9.69. The summed E-state index contributed by atoms with van der Waals surface area (Å²) in [6.07, 6.45) is 6.79. The summed E-state index contributed by atoms with van der Waals surface area (Å²) < 4.78 is 5.31. The third-order valence-corrected chi connectivity index (χ3v) is 6.09. The van der Waals surface area contributed by atoms with Crippen LogP contribution in [-0.2, 0) is 5.54 Å². The van der Waals surface area contributed by atoms with Crippen molar-refractivity contribution in [2.24, 2.45) is 0 Å². The van der Waals surface area contributed by atoms with E-state index < -0.39 is 0 Å². The number of aromatic nitrogens is 2. The molecule has 2 fully saturated rings. The number of carbonyl (C=O) groups is 1. The molecule has 2 aromatic rings. The third-order valence-electron chi connectivity index (χ3n) is 6.09. The van der Waals surface area contributed by atoms with E-state index in [1.54, 1.807) is 18.2 Å². The first kappa shape index (κ1) is 17.7. The summed E-state index contributed by atoms with van der Waals surface area (Å²) in [4.78, 5) is 22.6. The Balaban J connectivity index is 1.54. The summed E-state index contributed by atoms with van der Waals surface area (Å²) in [5.41, 5.74) is 1.65. The number of hydrogen-bond donors (Lipinski definition) is 2. The number of anilines is 1. The van der Waals surface area contributed by atoms with Gasteiger partial charge in [0.25, 0.3) is 0 Å². The van der Waals surface area contributed by atoms with Gasteiger partial charge in [-0.1, -0.05) is 30.3 Å². The molecule has 2 aliphatic rings. The molecule has 1 saturated heterocycles. The highest BCUT2D eigenvalue weighted by molar-refractivity contribution is 5.96. The van der Waals surface area contributed by atoms with Gasteiger partial charge in [-0.3, -0.25) is 4.90 Å². The maximum Gasteiger partial charge on any atom is 0.322 e. The van der Waals surface area contributed by atoms with Crippen LogP contribution in [0.15, 0.2) is 42.9 Å². The van der Waals surface area contributed by atoms with Crippen LogP contribution in [0.1, 0.15) is 31.2 Å². The standard InChI is InChI=1S/C20H25N5O2/c1-21-20(15-6-4-3-5-7-15)10-8-19(9-11-20)13-25(18(26)24-19)16-12-22-14-23-17(16)27-2/h3-7,12,14,21H,8-11,13H2,1-2H3,(H,24,26). The molecule has 1 spiro atoms. The Labute approximate surface area is 159 Å². The Kier molecular flexibility index (Phi) is 4.47. The molecule has 1 aliphatic heterocycles. The average molecular weight is 367 g/mol. The molecule has 2 N–H and O–H groups in total. The number of ether oxygens (including phenoxy) is 1. The van der Waals surface area contributed by atoms with E-state index in [-0.39, 0.29) is 17.1 Å². The van der Waals surface area contributed by atoms with Gasteiger partial charge in [0.05, 0.1) is 25.4 Å². The zero-order valence-corrected chi connectivity index (χ0v) is 15.7. The van der Waals surface area contributed by atoms with Gasteiger partial charge in [-0.2, -0.15) is 4.98 Å². The van der Waals surface area contributed by atoms with Gasteiger partial charge >= 0.3 is 6.03 Å². The molecule has 142 valence electrons. The number of rotatable bonds is 4. The normalized spacial score (nSPS) is 27.6. The predicted molar refractivity (Wildman–Crippen MR) is 103 cm³/mol. The van der Waals surface area contributed by atoms with Crippen LogP contribution in [0.4, 0.5) is 10.5 Å². The predicted octanol–water partition coefficient (Wildman–Crippen LogP) is 2.44. The zero-order valence-electron chi connectivity index (χ0n) is 15.7. The number of nitrogens with zero attached hydrogens (tertiary/aromatic N) is 3. The number of hydrogen-bond acceptors (Lipinski definition) is 5. The minimum absolute atomic E-state index is 0.0434. The maximum atomic E-state index is 12.7. The van der Waals surface area contributed by atoms with Gasteiger partial charge in [0.2, 0.25) is 5.88 Å². The Bertz CT molecular complexity index is 818. The number of benzene rings is 1. The molecule has 0 bridgehead atoms. The second-order valence-corrected chi connectivity index (χ2v) is 7.41. The largest absolute Gasteiger partial charge is 0.479 e. The number of methoxy groups -OCH3 is 1. The van der Waals surface area contributed by atoms with Crippen LogP contribution in [0, 0.1) is 0 Å². The summed E-state index contributed by atoms with van der Waals surface area (Å²) in [5, 5.41) is 6.78. The van der Waals surface area contributed by atoms with Gasteiger partial charge in [-0.25, -0.2) is 9.78 Å². The highest BCUT2D eigenvalue weighted by Gasteiger charge is 2.49. The van der Waals surface area contributed by atoms with Gasteiger partial charge in [0, 0.05) is 5.54 Å². The summed E-state index contributed by atoms with van der Waals surface area (Å²) >= 11 is 0. The van der Waals surface area contributed by atoms with Gasteiger partial charge in [-0.05, 0) is 38.3 Å². The van der Waals surface area contributed by atoms with E-state index in [4.69, 9.17) is 4.74 Å². The van der Waals surface area contributed by atoms with Gasteiger partial charge in [0.1, 0.15) is 12.0 Å². The fourth-order valence-electron chi connectivity index (χ4n) is 4.44. The lowest BCUT2D eigenvalue weighted by Crippen LogP contribution is -2.53. The first-order valence-corrected chi connectivity index (χ1v) is 9.30. The van der Waals surface area contributed by atoms with Crippen LogP contribution < -0.4 is 20.3 Å². The monoisotopic (exact) mass is 367 g/mol. The quantitative estimate of drug-likeness (QED) is 0.868. The molecule has 7 heteroatoms. The van der Waals surface area contributed by atoms with Crippen LogP contribution in [0.5, 0.6) is 5.88 Å². The lowest BCUT2D eigenvalue weighted by Gasteiger charge is -2.45. The van der Waals surface area contributed by atoms with Crippen LogP contribution in [-0.4, -0.2) is 42.2 Å². The topological polar surface area (TPSA) is 79.4 Å². The summed E-state index contributed by atoms with van der Waals surface area (Å²) in [6.45, 7) is 0.601. The molecule has 2 amide bonds. The van der Waals surface area contributed by atoms with E-state index in [0.29, 0.717) is 18.1 Å². The molecule has 0 unspecified atom stereocenters. The molecule has 0 radical (unpaired) electrons. The molecular weight excluding hydrogens is 342 g/mol. The zero-order chi connectivity index (χ0) is 18.9. The summed E-state index contributed by atoms with van der Waals surface area (Å²) in [5.74, 6) is 0.418. The second kappa shape index (κ2) is 6.81. The van der Waals surface area contributed by atoms with Crippen LogP contribution >= 0.6 is 0 Å². The van der Waals surface area contributed by atoms with E-state index in [0.717, 1.165) is 25.7 Å². The molecule has 1 aromatic heterocycles. The van der Waals surface area contributed by atoms with E-state index in [9.17, 15) is 4.79 Å². The molecule has 27 heavy (non-hydrogen) atoms. The highest BCUT2D eigenvalue weighted by Crippen LogP contribution is 2.44. The van der Waals surface area contributed by atoms with Crippen molar-refractivity contribution < 1.29 is 9.53 Å². The summed E-state index contributed by atoms with van der Waals surface area (Å²) in [6, 6.07) is 10.5. The van der Waals surface area contributed by atoms with Crippen LogP contribution in [0.2, 0.25) is 0 Å². The van der Waals surface area contributed by atoms with E-state index in [1.807, 2.05) is 13.1 Å². The van der Waals surface area contributed by atoms with Crippen molar-refractivity contribution in [2.75, 3.05) is 25.6 Å². The van der Waals surface area contributed by atoms with Gasteiger partial charge in [0.15, 0.2) is 0 Å². The SMILES string of the molecule is CNC1(c2ccccc2)CCC2(CC1)CN(c1cncnc1OC)C(=O)N2. The van der Waals surface area contributed by atoms with Crippen molar-refractivity contribution in [3.8, 4) is 5.88 Å². The van der Waals surface area contributed by atoms with E-state index in [2.05, 4.69) is 44.9 Å². The van der Waals surface area contributed by atoms with Crippen molar-refractivity contribution in [3.05, 3.63) is 48.4 Å². The van der Waals surface area contributed by atoms with Crippen LogP contribution in [0.25, 0.3) is 0 Å². The summed E-state index contributed by atoms with van der Waals surface area (Å²) in [7, 11) is 3.58. The van der Waals surface area contributed by atoms with E-state index >= 15 is 0 Å². The van der Waals surface area contributed by atoms with Crippen molar-refractivity contribution in [1.82, 2.24) is 20.6 Å². The Hall–Kier alpha value is -2.67. The van der Waals surface area contributed by atoms with Crippen molar-refractivity contribution in [1.29, 1.82) is 0 Å². The Morgan fingerprint density at radius 3 is 2.59 bits per heavy atom. The first-order chi connectivity index (χ1) is 13.1. The Morgan fingerprint density at radius 2 is 1.93 bits per heavy atom. The maximum absolute atomic E-state index is 12.7. The minimum atomic E-state index is -0.229. The molecule has 1 aliphatic carbocycles. The molecule has 2 heterocycles. The lowest BCUT2D eigenvalue weighted by molar-refractivity contribution is 0.167. The van der Waals surface area contributed by atoms with Crippen molar-refractivity contribution >= 4 is 11.7 Å². The molecule has 0 atom stereocenters. The molecule has 1 saturated carbocycles. The van der Waals surface area contributed by atoms with Crippen LogP contribution in [0.3, 0.4) is 0 Å². The fraction of sp³-hybridized carbons (Fsp3) is 0.450. The molecule has 4 rings (SSSR count). The van der Waals surface area contributed by atoms with E-state index in [1.165, 1.54) is 11.9 Å². The number of carbonyl (C=O) groups excluding carboxylic acids is 1. The van der Waals surface area contributed by atoms with Crippen molar-refractivity contribution in [3.63, 3.8) is 0 Å². The third kappa shape index (κ3) is 3.02.